The Bertz CT molecular complexity index is 557. The molecule has 1 saturated heterocycles. The van der Waals surface area contributed by atoms with Crippen molar-refractivity contribution in [3.05, 3.63) is 23.8 Å². The van der Waals surface area contributed by atoms with Gasteiger partial charge >= 0.3 is 0 Å². The van der Waals surface area contributed by atoms with Gasteiger partial charge in [-0.05, 0) is 24.6 Å². The van der Waals surface area contributed by atoms with Crippen molar-refractivity contribution in [3.8, 4) is 0 Å². The Morgan fingerprint density at radius 1 is 1.38 bits per heavy atom. The third kappa shape index (κ3) is 3.45. The summed E-state index contributed by atoms with van der Waals surface area (Å²) >= 11 is 0. The van der Waals surface area contributed by atoms with Crippen LogP contribution in [0, 0.1) is 0 Å². The van der Waals surface area contributed by atoms with Crippen molar-refractivity contribution in [1.82, 2.24) is 10.2 Å². The summed E-state index contributed by atoms with van der Waals surface area (Å²) in [5.74, 6) is -0.0769. The highest BCUT2D eigenvalue weighted by Crippen LogP contribution is 2.28. The molecule has 1 aromatic rings. The van der Waals surface area contributed by atoms with Crippen molar-refractivity contribution in [1.29, 1.82) is 0 Å². The number of amides is 2. The van der Waals surface area contributed by atoms with Gasteiger partial charge in [0.2, 0.25) is 5.91 Å². The molecule has 3 N–H and O–H groups in total. The van der Waals surface area contributed by atoms with Crippen molar-refractivity contribution in [3.63, 3.8) is 0 Å². The number of nitrogen functional groups attached to an aromatic ring is 1. The molecule has 0 spiro atoms. The molecule has 21 heavy (non-hydrogen) atoms. The predicted molar refractivity (Wildman–Crippen MR) is 83.3 cm³/mol. The van der Waals surface area contributed by atoms with Gasteiger partial charge < -0.3 is 20.9 Å². The van der Waals surface area contributed by atoms with Gasteiger partial charge in [0.15, 0.2) is 0 Å². The summed E-state index contributed by atoms with van der Waals surface area (Å²) in [5, 5.41) is 2.92. The maximum absolute atomic E-state index is 12.3. The van der Waals surface area contributed by atoms with Crippen LogP contribution < -0.4 is 16.0 Å². The van der Waals surface area contributed by atoms with Gasteiger partial charge in [0, 0.05) is 45.8 Å². The minimum Gasteiger partial charge on any atom is -0.399 e. The molecule has 6 heteroatoms. The molecular weight excluding hydrogens is 268 g/mol. The monoisotopic (exact) mass is 290 g/mol. The zero-order valence-corrected chi connectivity index (χ0v) is 12.7. The molecule has 2 amide bonds. The smallest absolute Gasteiger partial charge is 0.255 e. The molecular formula is C15H22N4O2. The molecule has 1 aromatic carbocycles. The van der Waals surface area contributed by atoms with E-state index in [1.165, 1.54) is 6.92 Å². The third-order valence-electron chi connectivity index (χ3n) is 3.59. The Hall–Kier alpha value is -2.24. The van der Waals surface area contributed by atoms with Gasteiger partial charge in [0.05, 0.1) is 11.3 Å². The fourth-order valence-electron chi connectivity index (χ4n) is 2.62. The molecule has 0 aromatic heterocycles. The lowest BCUT2D eigenvalue weighted by atomic mass is 10.1. The average molecular weight is 290 g/mol. The van der Waals surface area contributed by atoms with Crippen molar-refractivity contribution in [2.75, 3.05) is 37.8 Å². The first kappa shape index (κ1) is 15.2. The van der Waals surface area contributed by atoms with E-state index in [1.54, 1.807) is 31.1 Å². The molecule has 0 saturated carbocycles. The van der Waals surface area contributed by atoms with Gasteiger partial charge in [0.25, 0.3) is 5.91 Å². The van der Waals surface area contributed by atoms with Crippen molar-refractivity contribution < 1.29 is 9.59 Å². The molecule has 0 bridgehead atoms. The largest absolute Gasteiger partial charge is 0.399 e. The maximum Gasteiger partial charge on any atom is 0.255 e. The van der Waals surface area contributed by atoms with Crippen LogP contribution in [-0.4, -0.2) is 49.9 Å². The molecule has 1 unspecified atom stereocenters. The number of carbonyl (C=O) groups excluding carboxylic acids is 2. The second-order valence-electron chi connectivity index (χ2n) is 5.61. The number of nitrogens with one attached hydrogen (secondary N) is 1. The Morgan fingerprint density at radius 3 is 2.71 bits per heavy atom. The number of hydrogen-bond acceptors (Lipinski definition) is 4. The molecule has 2 rings (SSSR count). The highest BCUT2D eigenvalue weighted by atomic mass is 16.2. The Labute approximate surface area is 124 Å². The second kappa shape index (κ2) is 6.03. The summed E-state index contributed by atoms with van der Waals surface area (Å²) in [6, 6.07) is 5.44. The van der Waals surface area contributed by atoms with E-state index in [0.717, 1.165) is 18.7 Å². The van der Waals surface area contributed by atoms with Gasteiger partial charge in [-0.2, -0.15) is 0 Å². The van der Waals surface area contributed by atoms with E-state index in [0.29, 0.717) is 17.8 Å². The number of nitrogens with zero attached hydrogens (tertiary/aromatic N) is 2. The fraction of sp³-hybridized carbons (Fsp3) is 0.467. The van der Waals surface area contributed by atoms with E-state index in [-0.39, 0.29) is 17.9 Å². The van der Waals surface area contributed by atoms with Crippen LogP contribution in [0.3, 0.4) is 0 Å². The first-order valence-corrected chi connectivity index (χ1v) is 7.01. The predicted octanol–water partition coefficient (Wildman–Crippen LogP) is 0.685. The number of benzene rings is 1. The summed E-state index contributed by atoms with van der Waals surface area (Å²) in [5.41, 5.74) is 7.96. The molecule has 1 aliphatic rings. The highest BCUT2D eigenvalue weighted by Gasteiger charge is 2.26. The molecule has 1 fully saturated rings. The quantitative estimate of drug-likeness (QED) is 0.803. The number of carbonyl (C=O) groups is 2. The topological polar surface area (TPSA) is 78.7 Å². The van der Waals surface area contributed by atoms with E-state index in [2.05, 4.69) is 10.2 Å². The van der Waals surface area contributed by atoms with E-state index in [9.17, 15) is 9.59 Å². The Kier molecular flexibility index (Phi) is 4.35. The van der Waals surface area contributed by atoms with Crippen molar-refractivity contribution >= 4 is 23.2 Å². The van der Waals surface area contributed by atoms with Crippen LogP contribution in [0.1, 0.15) is 23.7 Å². The lowest BCUT2D eigenvalue weighted by Gasteiger charge is -2.23. The van der Waals surface area contributed by atoms with E-state index >= 15 is 0 Å². The standard InChI is InChI=1S/C15H22N4O2/c1-10(20)17-12-6-7-19(9-12)14-8-11(16)4-5-13(14)15(21)18(2)3/h4-5,8,12H,6-7,9,16H2,1-3H3,(H,17,20). The van der Waals surface area contributed by atoms with Gasteiger partial charge in [-0.3, -0.25) is 9.59 Å². The molecule has 0 radical (unpaired) electrons. The van der Waals surface area contributed by atoms with Crippen molar-refractivity contribution in [2.24, 2.45) is 0 Å². The SMILES string of the molecule is CC(=O)NC1CCN(c2cc(N)ccc2C(=O)N(C)C)C1. The maximum atomic E-state index is 12.3. The molecule has 1 aliphatic heterocycles. The normalized spacial score (nSPS) is 17.7. The third-order valence-corrected chi connectivity index (χ3v) is 3.59. The highest BCUT2D eigenvalue weighted by molar-refractivity contribution is 6.00. The van der Waals surface area contributed by atoms with E-state index in [1.807, 2.05) is 6.07 Å². The zero-order chi connectivity index (χ0) is 15.6. The first-order chi connectivity index (χ1) is 9.88. The average Bonchev–Trinajstić information content (AvgIpc) is 2.85. The summed E-state index contributed by atoms with van der Waals surface area (Å²) in [6.45, 7) is 3.00. The second-order valence-corrected chi connectivity index (χ2v) is 5.61. The van der Waals surface area contributed by atoms with Gasteiger partial charge in [-0.15, -0.1) is 0 Å². The lowest BCUT2D eigenvalue weighted by molar-refractivity contribution is -0.119. The van der Waals surface area contributed by atoms with E-state index < -0.39 is 0 Å². The van der Waals surface area contributed by atoms with Crippen LogP contribution in [0.25, 0.3) is 0 Å². The number of nitrogens with two attached hydrogens (primary N) is 1. The summed E-state index contributed by atoms with van der Waals surface area (Å²) in [7, 11) is 3.46. The summed E-state index contributed by atoms with van der Waals surface area (Å²) in [6.07, 6.45) is 0.865. The summed E-state index contributed by atoms with van der Waals surface area (Å²) < 4.78 is 0. The van der Waals surface area contributed by atoms with Gasteiger partial charge in [-0.25, -0.2) is 0 Å². The number of anilines is 2. The first-order valence-electron chi connectivity index (χ1n) is 7.01. The molecule has 114 valence electrons. The Morgan fingerprint density at radius 2 is 2.10 bits per heavy atom. The van der Waals surface area contributed by atoms with Crippen LogP contribution in [-0.2, 0) is 4.79 Å². The van der Waals surface area contributed by atoms with E-state index in [4.69, 9.17) is 5.73 Å². The zero-order valence-electron chi connectivity index (χ0n) is 12.7. The van der Waals surface area contributed by atoms with Crippen LogP contribution in [0.2, 0.25) is 0 Å². The summed E-state index contributed by atoms with van der Waals surface area (Å²) in [4.78, 5) is 27.1. The minimum absolute atomic E-state index is 0.0287. The number of hydrogen-bond donors (Lipinski definition) is 2. The van der Waals surface area contributed by atoms with Crippen molar-refractivity contribution in [2.45, 2.75) is 19.4 Å². The molecule has 1 heterocycles. The fourth-order valence-corrected chi connectivity index (χ4v) is 2.62. The minimum atomic E-state index is -0.0482. The molecule has 1 atom stereocenters. The molecule has 0 aliphatic carbocycles. The molecule has 6 nitrogen and oxygen atoms in total. The van der Waals surface area contributed by atoms with Crippen LogP contribution in [0.5, 0.6) is 0 Å². The van der Waals surface area contributed by atoms with Crippen LogP contribution in [0.4, 0.5) is 11.4 Å². The number of rotatable bonds is 3. The lowest BCUT2D eigenvalue weighted by Crippen LogP contribution is -2.36. The van der Waals surface area contributed by atoms with Crippen LogP contribution >= 0.6 is 0 Å². The Balaban J connectivity index is 2.25. The van der Waals surface area contributed by atoms with Crippen LogP contribution in [0.15, 0.2) is 18.2 Å². The van der Waals surface area contributed by atoms with Gasteiger partial charge in [0.1, 0.15) is 0 Å². The van der Waals surface area contributed by atoms with Gasteiger partial charge in [-0.1, -0.05) is 0 Å².